The molecule has 1 aromatic carbocycles. The van der Waals surface area contributed by atoms with Gasteiger partial charge in [0, 0.05) is 20.8 Å². The Bertz CT molecular complexity index is 627. The summed E-state index contributed by atoms with van der Waals surface area (Å²) in [4.78, 5) is -0.112. The van der Waals surface area contributed by atoms with Crippen molar-refractivity contribution in [3.05, 3.63) is 22.7 Å². The van der Waals surface area contributed by atoms with E-state index < -0.39 is 19.1 Å². The fourth-order valence-electron chi connectivity index (χ4n) is 1.01. The Labute approximate surface area is 113 Å². The highest BCUT2D eigenvalue weighted by Crippen LogP contribution is 2.28. The van der Waals surface area contributed by atoms with Crippen molar-refractivity contribution in [1.82, 2.24) is 0 Å². The fourth-order valence-corrected chi connectivity index (χ4v) is 3.87. The summed E-state index contributed by atoms with van der Waals surface area (Å²) in [6.07, 6.45) is 0. The number of nitrogens with one attached hydrogen (secondary N) is 1. The molecule has 17 heavy (non-hydrogen) atoms. The second kappa shape index (κ2) is 5.13. The van der Waals surface area contributed by atoms with Gasteiger partial charge in [0.25, 0.3) is 9.05 Å². The molecule has 0 spiro atoms. The quantitative estimate of drug-likeness (QED) is 0.832. The topological polar surface area (TPSA) is 80.3 Å². The Morgan fingerprint density at radius 2 is 1.88 bits per heavy atom. The normalized spacial score (nSPS) is 12.4. The van der Waals surface area contributed by atoms with Crippen molar-refractivity contribution in [1.29, 1.82) is 0 Å². The molecule has 0 atom stereocenters. The van der Waals surface area contributed by atoms with Gasteiger partial charge in [0.2, 0.25) is 10.0 Å². The number of hydrogen-bond donors (Lipinski definition) is 1. The van der Waals surface area contributed by atoms with Gasteiger partial charge >= 0.3 is 0 Å². The number of hydrogen-bond acceptors (Lipinski definition) is 4. The van der Waals surface area contributed by atoms with Crippen molar-refractivity contribution in [3.8, 4) is 0 Å². The molecule has 96 valence electrons. The number of sulfonamides is 1. The van der Waals surface area contributed by atoms with Crippen molar-refractivity contribution in [3.63, 3.8) is 0 Å². The van der Waals surface area contributed by atoms with Gasteiger partial charge in [-0.15, -0.1) is 0 Å². The van der Waals surface area contributed by atoms with Gasteiger partial charge in [-0.25, -0.2) is 16.8 Å². The minimum Gasteiger partial charge on any atom is -0.284 e. The molecule has 0 fully saturated rings. The predicted molar refractivity (Wildman–Crippen MR) is 70.3 cm³/mol. The van der Waals surface area contributed by atoms with Gasteiger partial charge in [-0.1, -0.05) is 0 Å². The highest BCUT2D eigenvalue weighted by molar-refractivity contribution is 9.10. The highest BCUT2D eigenvalue weighted by atomic mass is 79.9. The highest BCUT2D eigenvalue weighted by Gasteiger charge is 2.15. The number of halogens is 2. The first-order chi connectivity index (χ1) is 7.65. The molecule has 1 N–H and O–H groups in total. The lowest BCUT2D eigenvalue weighted by Gasteiger charge is -2.07. The Balaban J connectivity index is 3.15. The van der Waals surface area contributed by atoms with Crippen LogP contribution in [0.25, 0.3) is 0 Å². The summed E-state index contributed by atoms with van der Waals surface area (Å²) in [6.45, 7) is 1.50. The number of rotatable bonds is 4. The molecule has 0 aliphatic rings. The van der Waals surface area contributed by atoms with Crippen LogP contribution in [0.1, 0.15) is 6.92 Å². The van der Waals surface area contributed by atoms with E-state index in [2.05, 4.69) is 20.7 Å². The molecule has 0 aliphatic heterocycles. The maximum absolute atomic E-state index is 11.3. The van der Waals surface area contributed by atoms with Crippen molar-refractivity contribution >= 4 is 51.4 Å². The van der Waals surface area contributed by atoms with Crippen LogP contribution in [0.4, 0.5) is 5.69 Å². The molecule has 0 aliphatic carbocycles. The van der Waals surface area contributed by atoms with E-state index in [-0.39, 0.29) is 20.8 Å². The summed E-state index contributed by atoms with van der Waals surface area (Å²) in [5.41, 5.74) is 0.266. The molecule has 0 aromatic heterocycles. The molecule has 1 rings (SSSR count). The lowest BCUT2D eigenvalue weighted by molar-refractivity contribution is 0.602. The second-order valence-corrected chi connectivity index (χ2v) is 8.49. The standard InChI is InChI=1S/C8H9BrClNO4S2/c1-2-16(12,13)11-6-3-4-8(7(9)5-6)17(10,14)15/h3-5,11H,2H2,1H3. The zero-order valence-corrected chi connectivity index (χ0v) is 12.6. The zero-order valence-electron chi connectivity index (χ0n) is 8.64. The van der Waals surface area contributed by atoms with Gasteiger partial charge in [0.1, 0.15) is 0 Å². The van der Waals surface area contributed by atoms with Crippen molar-refractivity contribution in [2.45, 2.75) is 11.8 Å². The van der Waals surface area contributed by atoms with E-state index in [1.54, 1.807) is 0 Å². The third-order valence-electron chi connectivity index (χ3n) is 1.85. The fraction of sp³-hybridized carbons (Fsp3) is 0.250. The third-order valence-corrected chi connectivity index (χ3v) is 5.45. The van der Waals surface area contributed by atoms with Crippen LogP contribution in [-0.2, 0) is 19.1 Å². The van der Waals surface area contributed by atoms with Crippen LogP contribution >= 0.6 is 26.6 Å². The van der Waals surface area contributed by atoms with E-state index in [9.17, 15) is 16.8 Å². The molecule has 0 amide bonds. The molecule has 0 saturated heterocycles. The first-order valence-corrected chi connectivity index (χ1v) is 9.16. The number of anilines is 1. The van der Waals surface area contributed by atoms with Crippen LogP contribution in [0.2, 0.25) is 0 Å². The van der Waals surface area contributed by atoms with Gasteiger partial charge in [-0.3, -0.25) is 4.72 Å². The van der Waals surface area contributed by atoms with Gasteiger partial charge in [0.05, 0.1) is 10.6 Å². The maximum atomic E-state index is 11.3. The molecule has 0 bridgehead atoms. The van der Waals surface area contributed by atoms with Crippen LogP contribution in [0, 0.1) is 0 Å². The van der Waals surface area contributed by atoms with Crippen molar-refractivity contribution in [2.75, 3.05) is 10.5 Å². The first kappa shape index (κ1) is 14.7. The van der Waals surface area contributed by atoms with Crippen molar-refractivity contribution in [2.24, 2.45) is 0 Å². The molecule has 0 heterocycles. The lowest BCUT2D eigenvalue weighted by atomic mass is 10.3. The molecule has 0 saturated carbocycles. The van der Waals surface area contributed by atoms with Gasteiger partial charge in [-0.2, -0.15) is 0 Å². The summed E-state index contributed by atoms with van der Waals surface area (Å²) in [6, 6.07) is 3.88. The molecule has 9 heteroatoms. The van der Waals surface area contributed by atoms with E-state index in [0.29, 0.717) is 0 Å². The van der Waals surface area contributed by atoms with E-state index in [0.717, 1.165) is 0 Å². The Hall–Kier alpha value is -0.310. The monoisotopic (exact) mass is 361 g/mol. The van der Waals surface area contributed by atoms with Crippen LogP contribution in [0.3, 0.4) is 0 Å². The van der Waals surface area contributed by atoms with E-state index in [4.69, 9.17) is 10.7 Å². The summed E-state index contributed by atoms with van der Waals surface area (Å²) >= 11 is 3.01. The van der Waals surface area contributed by atoms with E-state index >= 15 is 0 Å². The van der Waals surface area contributed by atoms with Crippen molar-refractivity contribution < 1.29 is 16.8 Å². The molecule has 1 aromatic rings. The molecule has 0 unspecified atom stereocenters. The minimum absolute atomic E-state index is 0.0693. The van der Waals surface area contributed by atoms with Gasteiger partial charge in [0.15, 0.2) is 0 Å². The van der Waals surface area contributed by atoms with Crippen LogP contribution < -0.4 is 4.72 Å². The molecule has 0 radical (unpaired) electrons. The Morgan fingerprint density at radius 3 is 2.29 bits per heavy atom. The van der Waals surface area contributed by atoms with Gasteiger partial charge in [-0.05, 0) is 41.1 Å². The second-order valence-electron chi connectivity index (χ2n) is 3.09. The summed E-state index contributed by atoms with van der Waals surface area (Å²) in [7, 11) is -2.06. The average Bonchev–Trinajstić information content (AvgIpc) is 2.15. The third kappa shape index (κ3) is 4.13. The Morgan fingerprint density at radius 1 is 1.29 bits per heavy atom. The summed E-state index contributed by atoms with van der Waals surface area (Å²) in [5.74, 6) is -0.0693. The maximum Gasteiger partial charge on any atom is 0.262 e. The summed E-state index contributed by atoms with van der Waals surface area (Å²) in [5, 5.41) is 0. The smallest absolute Gasteiger partial charge is 0.262 e. The zero-order chi connectivity index (χ0) is 13.3. The SMILES string of the molecule is CCS(=O)(=O)Nc1ccc(S(=O)(=O)Cl)c(Br)c1. The number of benzene rings is 1. The largest absolute Gasteiger partial charge is 0.284 e. The average molecular weight is 363 g/mol. The summed E-state index contributed by atoms with van der Waals surface area (Å²) < 4.78 is 47.3. The first-order valence-electron chi connectivity index (χ1n) is 4.40. The molecule has 5 nitrogen and oxygen atoms in total. The van der Waals surface area contributed by atoms with E-state index in [1.165, 1.54) is 25.1 Å². The Kier molecular flexibility index (Phi) is 4.45. The minimum atomic E-state index is -3.85. The lowest BCUT2D eigenvalue weighted by Crippen LogP contribution is -2.14. The van der Waals surface area contributed by atoms with E-state index in [1.807, 2.05) is 0 Å². The van der Waals surface area contributed by atoms with Crippen LogP contribution in [0.15, 0.2) is 27.6 Å². The van der Waals surface area contributed by atoms with Crippen LogP contribution in [0.5, 0.6) is 0 Å². The van der Waals surface area contributed by atoms with Crippen LogP contribution in [-0.4, -0.2) is 22.6 Å². The van der Waals surface area contributed by atoms with Gasteiger partial charge < -0.3 is 0 Å². The molecular formula is C8H9BrClNO4S2. The predicted octanol–water partition coefficient (Wildman–Crippen LogP) is 2.14. The molecular weight excluding hydrogens is 354 g/mol.